The number of hydrogen-bond acceptors (Lipinski definition) is 4. The zero-order valence-electron chi connectivity index (χ0n) is 15.2. The van der Waals surface area contributed by atoms with Crippen molar-refractivity contribution in [3.63, 3.8) is 0 Å². The van der Waals surface area contributed by atoms with Gasteiger partial charge in [0.2, 0.25) is 0 Å². The molecule has 1 aromatic heterocycles. The van der Waals surface area contributed by atoms with E-state index in [1.807, 2.05) is 13.0 Å². The second kappa shape index (κ2) is 7.62. The van der Waals surface area contributed by atoms with Gasteiger partial charge < -0.3 is 9.84 Å². The van der Waals surface area contributed by atoms with Crippen molar-refractivity contribution in [1.82, 2.24) is 15.1 Å². The van der Waals surface area contributed by atoms with Gasteiger partial charge in [-0.3, -0.25) is 10.00 Å². The largest absolute Gasteiger partial charge is 0.503 e. The van der Waals surface area contributed by atoms with Crippen LogP contribution in [0.2, 0.25) is 5.02 Å². The number of aromatic nitrogens is 2. The third-order valence-corrected chi connectivity index (χ3v) is 5.15. The van der Waals surface area contributed by atoms with Crippen LogP contribution in [0.3, 0.4) is 0 Å². The number of rotatable bonds is 5. The predicted molar refractivity (Wildman–Crippen MR) is 106 cm³/mol. The fraction of sp³-hybridized carbons (Fsp3) is 0.286. The summed E-state index contributed by atoms with van der Waals surface area (Å²) in [6, 6.07) is 14.0. The van der Waals surface area contributed by atoms with Crippen molar-refractivity contribution < 1.29 is 9.84 Å². The van der Waals surface area contributed by atoms with E-state index in [1.165, 1.54) is 11.1 Å². The lowest BCUT2D eigenvalue weighted by atomic mass is 10.00. The molecule has 140 valence electrons. The second-order valence-electron chi connectivity index (χ2n) is 6.71. The number of benzene rings is 2. The van der Waals surface area contributed by atoms with Gasteiger partial charge in [0.15, 0.2) is 11.5 Å². The van der Waals surface area contributed by atoms with Crippen LogP contribution in [-0.4, -0.2) is 33.4 Å². The molecule has 0 saturated heterocycles. The second-order valence-corrected chi connectivity index (χ2v) is 7.12. The van der Waals surface area contributed by atoms with E-state index < -0.39 is 0 Å². The van der Waals surface area contributed by atoms with Crippen LogP contribution in [-0.2, 0) is 19.5 Å². The Bertz CT molecular complexity index is 940. The Hall–Kier alpha value is -2.50. The van der Waals surface area contributed by atoms with E-state index in [1.54, 1.807) is 12.1 Å². The number of H-pyrrole nitrogens is 1. The minimum Gasteiger partial charge on any atom is -0.503 e. The molecule has 0 radical (unpaired) electrons. The molecule has 0 bridgehead atoms. The first-order valence-corrected chi connectivity index (χ1v) is 9.51. The van der Waals surface area contributed by atoms with Crippen LogP contribution in [0.15, 0.2) is 42.5 Å². The van der Waals surface area contributed by atoms with Crippen molar-refractivity contribution in [1.29, 1.82) is 0 Å². The molecule has 0 saturated carbocycles. The molecule has 0 amide bonds. The van der Waals surface area contributed by atoms with Gasteiger partial charge in [0.25, 0.3) is 0 Å². The van der Waals surface area contributed by atoms with Gasteiger partial charge in [0.05, 0.1) is 17.3 Å². The molecule has 0 fully saturated rings. The molecule has 0 spiro atoms. The normalized spacial score (nSPS) is 14.1. The summed E-state index contributed by atoms with van der Waals surface area (Å²) < 4.78 is 5.52. The highest BCUT2D eigenvalue weighted by molar-refractivity contribution is 6.32. The van der Waals surface area contributed by atoms with Gasteiger partial charge in [-0.15, -0.1) is 0 Å². The number of fused-ring (bicyclic) bond motifs is 1. The Morgan fingerprint density at radius 1 is 1.26 bits per heavy atom. The summed E-state index contributed by atoms with van der Waals surface area (Å²) in [6.07, 6.45) is 0.930. The monoisotopic (exact) mass is 383 g/mol. The molecule has 2 N–H and O–H groups in total. The van der Waals surface area contributed by atoms with E-state index in [4.69, 9.17) is 16.3 Å². The topological polar surface area (TPSA) is 61.4 Å². The standard InChI is InChI=1S/C21H22ClN3O2/c1-2-27-19-11-15(10-17(22)21(19)26)20-16-13-25(9-8-18(16)23-24-20)12-14-6-4-3-5-7-14/h3-7,10-11,26H,2,8-9,12-13H2,1H3,(H,23,24). The summed E-state index contributed by atoms with van der Waals surface area (Å²) in [5, 5.41) is 18.1. The molecule has 6 heteroatoms. The molecule has 3 aromatic rings. The SMILES string of the molecule is CCOc1cc(-c2n[nH]c3c2CN(Cc2ccccc2)CC3)cc(Cl)c1O. The van der Waals surface area contributed by atoms with E-state index in [2.05, 4.69) is 39.4 Å². The Labute approximate surface area is 163 Å². The zero-order chi connectivity index (χ0) is 18.8. The highest BCUT2D eigenvalue weighted by Crippen LogP contribution is 2.40. The third-order valence-electron chi connectivity index (χ3n) is 4.86. The van der Waals surface area contributed by atoms with Crippen molar-refractivity contribution in [3.05, 3.63) is 64.3 Å². The van der Waals surface area contributed by atoms with Crippen LogP contribution in [0.4, 0.5) is 0 Å². The molecule has 1 aliphatic heterocycles. The third kappa shape index (κ3) is 3.66. The lowest BCUT2D eigenvalue weighted by Gasteiger charge is -2.27. The van der Waals surface area contributed by atoms with Gasteiger partial charge in [-0.2, -0.15) is 5.10 Å². The fourth-order valence-corrected chi connectivity index (χ4v) is 3.75. The highest BCUT2D eigenvalue weighted by atomic mass is 35.5. The maximum atomic E-state index is 10.1. The number of aromatic amines is 1. The van der Waals surface area contributed by atoms with Gasteiger partial charge in [-0.05, 0) is 24.6 Å². The number of nitrogens with one attached hydrogen (secondary N) is 1. The summed E-state index contributed by atoms with van der Waals surface area (Å²) in [6.45, 7) is 5.04. The number of phenols is 1. The van der Waals surface area contributed by atoms with Crippen LogP contribution < -0.4 is 4.74 Å². The van der Waals surface area contributed by atoms with E-state index in [-0.39, 0.29) is 10.8 Å². The summed E-state index contributed by atoms with van der Waals surface area (Å²) >= 11 is 6.21. The highest BCUT2D eigenvalue weighted by Gasteiger charge is 2.24. The van der Waals surface area contributed by atoms with Crippen LogP contribution in [0.1, 0.15) is 23.7 Å². The van der Waals surface area contributed by atoms with Gasteiger partial charge in [-0.25, -0.2) is 0 Å². The number of hydrogen-bond donors (Lipinski definition) is 2. The molecular formula is C21H22ClN3O2. The molecule has 27 heavy (non-hydrogen) atoms. The summed E-state index contributed by atoms with van der Waals surface area (Å²) in [5.74, 6) is 0.353. The molecule has 5 nitrogen and oxygen atoms in total. The van der Waals surface area contributed by atoms with Crippen LogP contribution in [0.25, 0.3) is 11.3 Å². The summed E-state index contributed by atoms with van der Waals surface area (Å²) in [4.78, 5) is 2.42. The van der Waals surface area contributed by atoms with Crippen molar-refractivity contribution >= 4 is 11.6 Å². The lowest BCUT2D eigenvalue weighted by Crippen LogP contribution is -2.29. The van der Waals surface area contributed by atoms with Crippen molar-refractivity contribution in [3.8, 4) is 22.8 Å². The number of phenolic OH excluding ortho intramolecular Hbond substituents is 1. The first kappa shape index (κ1) is 17.9. The molecule has 4 rings (SSSR count). The van der Waals surface area contributed by atoms with Gasteiger partial charge >= 0.3 is 0 Å². The van der Waals surface area contributed by atoms with Crippen LogP contribution >= 0.6 is 11.6 Å². The molecule has 1 aliphatic rings. The van der Waals surface area contributed by atoms with Crippen LogP contribution in [0.5, 0.6) is 11.5 Å². The van der Waals surface area contributed by atoms with Crippen molar-refractivity contribution in [2.75, 3.05) is 13.2 Å². The van der Waals surface area contributed by atoms with Crippen molar-refractivity contribution in [2.45, 2.75) is 26.4 Å². The Balaban J connectivity index is 1.63. The minimum absolute atomic E-state index is 0.0302. The average molecular weight is 384 g/mol. The van der Waals surface area contributed by atoms with E-state index in [9.17, 15) is 5.11 Å². The fourth-order valence-electron chi connectivity index (χ4n) is 3.54. The molecular weight excluding hydrogens is 362 g/mol. The van der Waals surface area contributed by atoms with Gasteiger partial charge in [0.1, 0.15) is 0 Å². The van der Waals surface area contributed by atoms with E-state index in [0.717, 1.165) is 43.0 Å². The maximum absolute atomic E-state index is 10.1. The van der Waals surface area contributed by atoms with E-state index in [0.29, 0.717) is 12.4 Å². The predicted octanol–water partition coefficient (Wildman–Crippen LogP) is 4.39. The van der Waals surface area contributed by atoms with E-state index >= 15 is 0 Å². The molecule has 0 atom stereocenters. The van der Waals surface area contributed by atoms with Crippen LogP contribution in [0, 0.1) is 0 Å². The number of halogens is 1. The molecule has 2 aromatic carbocycles. The first-order chi connectivity index (χ1) is 13.2. The zero-order valence-corrected chi connectivity index (χ0v) is 16.0. The maximum Gasteiger partial charge on any atom is 0.176 e. The number of nitrogens with zero attached hydrogens (tertiary/aromatic N) is 2. The summed E-state index contributed by atoms with van der Waals surface area (Å²) in [7, 11) is 0. The van der Waals surface area contributed by atoms with Gasteiger partial charge in [-0.1, -0.05) is 41.9 Å². The Morgan fingerprint density at radius 3 is 2.85 bits per heavy atom. The molecule has 2 heterocycles. The smallest absolute Gasteiger partial charge is 0.176 e. The van der Waals surface area contributed by atoms with Gasteiger partial charge in [0, 0.05) is 42.9 Å². The molecule has 0 unspecified atom stereocenters. The Morgan fingerprint density at radius 2 is 2.07 bits per heavy atom. The quantitative estimate of drug-likeness (QED) is 0.685. The average Bonchev–Trinajstić information content (AvgIpc) is 3.09. The van der Waals surface area contributed by atoms with Crippen molar-refractivity contribution in [2.24, 2.45) is 0 Å². The number of ether oxygens (including phenoxy) is 1. The minimum atomic E-state index is -0.0302. The lowest BCUT2D eigenvalue weighted by molar-refractivity contribution is 0.245. The summed E-state index contributed by atoms with van der Waals surface area (Å²) in [5.41, 5.74) is 5.36. The first-order valence-electron chi connectivity index (χ1n) is 9.13. The number of aromatic hydroxyl groups is 1. The Kier molecular flexibility index (Phi) is 5.05. The molecule has 0 aliphatic carbocycles.